The highest BCUT2D eigenvalue weighted by atomic mass is 127. The molecule has 4 aromatic rings. The molecule has 2 N–H and O–H groups in total. The number of aromatic nitrogens is 4. The van der Waals surface area contributed by atoms with Gasteiger partial charge in [0.05, 0.1) is 17.5 Å². The van der Waals surface area contributed by atoms with Crippen LogP contribution in [0.1, 0.15) is 24.1 Å². The van der Waals surface area contributed by atoms with Gasteiger partial charge in [0.15, 0.2) is 5.82 Å². The fourth-order valence-electron chi connectivity index (χ4n) is 4.75. The number of hydrogen-bond acceptors (Lipinski definition) is 7. The third-order valence-corrected chi connectivity index (χ3v) is 8.32. The zero-order chi connectivity index (χ0) is 27.6. The van der Waals surface area contributed by atoms with Crippen molar-refractivity contribution < 1.29 is 18.0 Å². The summed E-state index contributed by atoms with van der Waals surface area (Å²) in [5, 5.41) is 11.0. The standard InChI is InChI=1S/C26H25F3IN7OS/c1-16(38)34-22-12-18(6-7-31-22)21-13-20(24(39-21)25-32-15-33-35-25)23(17-2-4-19(30)5-3-17)37-10-8-36(9-11-37)14-26(27,28)29/h2-7,12-13,15,23H,8-11,14H2,1H3,(H,31,34,38)(H,32,33,35). The predicted octanol–water partition coefficient (Wildman–Crippen LogP) is 5.43. The van der Waals surface area contributed by atoms with E-state index in [1.54, 1.807) is 6.20 Å². The lowest BCUT2D eigenvalue weighted by atomic mass is 9.95. The van der Waals surface area contributed by atoms with E-state index in [-0.39, 0.29) is 11.9 Å². The van der Waals surface area contributed by atoms with Crippen molar-refractivity contribution >= 4 is 45.7 Å². The number of benzene rings is 1. The first-order chi connectivity index (χ1) is 18.7. The number of halogens is 4. The molecule has 1 saturated heterocycles. The maximum absolute atomic E-state index is 13.0. The Hall–Kier alpha value is -2.88. The van der Waals surface area contributed by atoms with Gasteiger partial charge in [0.2, 0.25) is 5.91 Å². The molecule has 1 unspecified atom stereocenters. The van der Waals surface area contributed by atoms with Crippen molar-refractivity contribution in [3.05, 3.63) is 69.7 Å². The molecule has 0 bridgehead atoms. The van der Waals surface area contributed by atoms with Crippen molar-refractivity contribution in [2.24, 2.45) is 0 Å². The number of carbonyl (C=O) groups is 1. The van der Waals surface area contributed by atoms with E-state index >= 15 is 0 Å². The van der Waals surface area contributed by atoms with E-state index in [0.29, 0.717) is 37.8 Å². The summed E-state index contributed by atoms with van der Waals surface area (Å²) >= 11 is 3.79. The minimum absolute atomic E-state index is 0.211. The molecule has 1 fully saturated rings. The summed E-state index contributed by atoms with van der Waals surface area (Å²) in [6.45, 7) is 2.13. The third-order valence-electron chi connectivity index (χ3n) is 6.40. The Kier molecular flexibility index (Phi) is 8.30. The molecule has 5 rings (SSSR count). The lowest BCUT2D eigenvalue weighted by molar-refractivity contribution is -0.149. The lowest BCUT2D eigenvalue weighted by Gasteiger charge is -2.40. The second kappa shape index (κ2) is 11.7. The Morgan fingerprint density at radius 1 is 1.15 bits per heavy atom. The van der Waals surface area contributed by atoms with E-state index in [9.17, 15) is 18.0 Å². The first-order valence-corrected chi connectivity index (χ1v) is 14.1. The average molecular weight is 667 g/mol. The van der Waals surface area contributed by atoms with Gasteiger partial charge in [0.1, 0.15) is 12.1 Å². The number of nitrogens with one attached hydrogen (secondary N) is 2. The second-order valence-electron chi connectivity index (χ2n) is 9.22. The summed E-state index contributed by atoms with van der Waals surface area (Å²) in [4.78, 5) is 24.4. The first kappa shape index (κ1) is 27.7. The van der Waals surface area contributed by atoms with Gasteiger partial charge in [0, 0.05) is 47.7 Å². The van der Waals surface area contributed by atoms with Gasteiger partial charge in [-0.1, -0.05) is 12.1 Å². The van der Waals surface area contributed by atoms with E-state index in [4.69, 9.17) is 0 Å². The van der Waals surface area contributed by atoms with Crippen molar-refractivity contribution in [1.29, 1.82) is 0 Å². The number of aromatic amines is 1. The first-order valence-electron chi connectivity index (χ1n) is 12.2. The summed E-state index contributed by atoms with van der Waals surface area (Å²) in [5.74, 6) is 0.854. The molecule has 0 aliphatic carbocycles. The van der Waals surface area contributed by atoms with Crippen molar-refractivity contribution in [2.75, 3.05) is 38.0 Å². The highest BCUT2D eigenvalue weighted by Crippen LogP contribution is 2.44. The predicted molar refractivity (Wildman–Crippen MR) is 152 cm³/mol. The lowest BCUT2D eigenvalue weighted by Crippen LogP contribution is -2.50. The summed E-state index contributed by atoms with van der Waals surface area (Å²) in [6.07, 6.45) is -1.06. The van der Waals surface area contributed by atoms with E-state index in [1.165, 1.54) is 29.5 Å². The highest BCUT2D eigenvalue weighted by Gasteiger charge is 2.35. The molecule has 0 spiro atoms. The van der Waals surface area contributed by atoms with Crippen molar-refractivity contribution in [3.63, 3.8) is 0 Å². The molecular weight excluding hydrogens is 642 g/mol. The normalized spacial score (nSPS) is 15.8. The fourth-order valence-corrected chi connectivity index (χ4v) is 6.24. The fraction of sp³-hybridized carbons (Fsp3) is 0.308. The van der Waals surface area contributed by atoms with Crippen LogP contribution in [-0.4, -0.2) is 74.8 Å². The molecule has 0 saturated carbocycles. The van der Waals surface area contributed by atoms with Gasteiger partial charge in [-0.25, -0.2) is 4.98 Å². The Labute approximate surface area is 240 Å². The number of anilines is 1. The summed E-state index contributed by atoms with van der Waals surface area (Å²) in [7, 11) is 0. The Morgan fingerprint density at radius 3 is 2.54 bits per heavy atom. The van der Waals surface area contributed by atoms with E-state index < -0.39 is 12.7 Å². The van der Waals surface area contributed by atoms with Gasteiger partial charge in [0.25, 0.3) is 0 Å². The molecule has 4 heterocycles. The maximum Gasteiger partial charge on any atom is 0.401 e. The molecule has 13 heteroatoms. The number of H-pyrrole nitrogens is 1. The largest absolute Gasteiger partial charge is 0.401 e. The Bertz CT molecular complexity index is 1420. The van der Waals surface area contributed by atoms with Crippen LogP contribution in [0.3, 0.4) is 0 Å². The van der Waals surface area contributed by atoms with E-state index in [0.717, 1.165) is 30.0 Å². The zero-order valence-electron chi connectivity index (χ0n) is 20.9. The van der Waals surface area contributed by atoms with Crippen molar-refractivity contribution in [3.8, 4) is 21.1 Å². The summed E-state index contributed by atoms with van der Waals surface area (Å²) in [5.41, 5.74) is 2.90. The monoisotopic (exact) mass is 667 g/mol. The van der Waals surface area contributed by atoms with Gasteiger partial charge in [-0.15, -0.1) is 21.5 Å². The molecular formula is C26H25F3IN7OS. The van der Waals surface area contributed by atoms with Crippen LogP contribution in [0.4, 0.5) is 19.0 Å². The van der Waals surface area contributed by atoms with Gasteiger partial charge in [-0.2, -0.15) is 13.2 Å². The highest BCUT2D eigenvalue weighted by molar-refractivity contribution is 14.1. The molecule has 204 valence electrons. The number of pyridine rings is 1. The van der Waals surface area contributed by atoms with Crippen LogP contribution >= 0.6 is 33.9 Å². The van der Waals surface area contributed by atoms with Gasteiger partial charge in [-0.3, -0.25) is 14.6 Å². The molecule has 1 aromatic carbocycles. The zero-order valence-corrected chi connectivity index (χ0v) is 23.8. The number of carbonyl (C=O) groups excluding carboxylic acids is 1. The van der Waals surface area contributed by atoms with Crippen LogP contribution in [0.25, 0.3) is 21.1 Å². The average Bonchev–Trinajstić information content (AvgIpc) is 3.56. The SMILES string of the molecule is CC(=O)Nc1cc(-c2cc(C(c3ccc(I)cc3)N3CCN(CC(F)(F)F)CC3)c(-c3nnc[nH]3)s2)ccn1. The molecule has 8 nitrogen and oxygen atoms in total. The minimum atomic E-state index is -4.22. The third kappa shape index (κ3) is 6.83. The topological polar surface area (TPSA) is 90.0 Å². The molecule has 1 atom stereocenters. The molecule has 1 aliphatic heterocycles. The molecule has 0 radical (unpaired) electrons. The van der Waals surface area contributed by atoms with Crippen LogP contribution in [-0.2, 0) is 4.79 Å². The van der Waals surface area contributed by atoms with Gasteiger partial charge >= 0.3 is 6.18 Å². The number of nitrogens with zero attached hydrogens (tertiary/aromatic N) is 5. The number of piperazine rings is 1. The van der Waals surface area contributed by atoms with Gasteiger partial charge in [-0.05, 0) is 69.6 Å². The van der Waals surface area contributed by atoms with Crippen LogP contribution in [0.5, 0.6) is 0 Å². The summed E-state index contributed by atoms with van der Waals surface area (Å²) < 4.78 is 40.2. The number of alkyl halides is 3. The molecule has 1 aliphatic rings. The number of rotatable bonds is 7. The van der Waals surface area contributed by atoms with Crippen LogP contribution in [0.2, 0.25) is 0 Å². The van der Waals surface area contributed by atoms with Crippen molar-refractivity contribution in [1.82, 2.24) is 30.0 Å². The van der Waals surface area contributed by atoms with Crippen LogP contribution < -0.4 is 5.32 Å². The smallest absolute Gasteiger partial charge is 0.327 e. The molecule has 1 amide bonds. The van der Waals surface area contributed by atoms with Crippen LogP contribution in [0.15, 0.2) is 55.0 Å². The number of thiophene rings is 1. The quantitative estimate of drug-likeness (QED) is 0.256. The number of amides is 1. The second-order valence-corrected chi connectivity index (χ2v) is 11.5. The molecule has 3 aromatic heterocycles. The van der Waals surface area contributed by atoms with Crippen LogP contribution in [0, 0.1) is 3.57 Å². The van der Waals surface area contributed by atoms with E-state index in [2.05, 4.69) is 71.2 Å². The number of hydrogen-bond donors (Lipinski definition) is 2. The summed E-state index contributed by atoms with van der Waals surface area (Å²) in [6, 6.07) is 13.8. The van der Waals surface area contributed by atoms with Gasteiger partial charge < -0.3 is 10.3 Å². The van der Waals surface area contributed by atoms with Crippen molar-refractivity contribution in [2.45, 2.75) is 19.1 Å². The minimum Gasteiger partial charge on any atom is -0.327 e. The maximum atomic E-state index is 13.0. The Morgan fingerprint density at radius 2 is 1.90 bits per heavy atom. The van der Waals surface area contributed by atoms with E-state index in [1.807, 2.05) is 24.3 Å². The molecule has 39 heavy (non-hydrogen) atoms. The Balaban J connectivity index is 1.56.